The summed E-state index contributed by atoms with van der Waals surface area (Å²) in [7, 11) is 0. The average Bonchev–Trinajstić information content (AvgIpc) is 2.95. The van der Waals surface area contributed by atoms with Crippen LogP contribution in [0.3, 0.4) is 0 Å². The number of aromatic amines is 1. The van der Waals surface area contributed by atoms with Crippen LogP contribution in [-0.2, 0) is 11.2 Å². The molecule has 0 spiro atoms. The van der Waals surface area contributed by atoms with Gasteiger partial charge in [-0.05, 0) is 12.1 Å². The molecule has 0 aliphatic heterocycles. The number of aryl methyl sites for hydroxylation is 1. The number of carbonyl (C=O) groups excluding carboxylic acids is 1. The fourth-order valence-electron chi connectivity index (χ4n) is 1.57. The molecule has 2 rings (SSSR count). The van der Waals surface area contributed by atoms with Gasteiger partial charge in [0, 0.05) is 6.42 Å². The maximum absolute atomic E-state index is 12.0. The van der Waals surface area contributed by atoms with Gasteiger partial charge in [0.15, 0.2) is 6.61 Å². The minimum absolute atomic E-state index is 0.0138. The largest absolute Gasteiger partial charge is 0.480 e. The van der Waals surface area contributed by atoms with Gasteiger partial charge in [-0.3, -0.25) is 9.89 Å². The van der Waals surface area contributed by atoms with Crippen LogP contribution in [0.15, 0.2) is 24.3 Å². The number of amides is 1. The Morgan fingerprint density at radius 3 is 2.81 bits per heavy atom. The Morgan fingerprint density at radius 2 is 2.14 bits per heavy atom. The van der Waals surface area contributed by atoms with E-state index in [2.05, 4.69) is 20.5 Å². The van der Waals surface area contributed by atoms with Crippen molar-refractivity contribution in [3.63, 3.8) is 0 Å². The summed E-state index contributed by atoms with van der Waals surface area (Å²) in [6, 6.07) is 6.53. The number of nitrogens with zero attached hydrogens (tertiary/aromatic N) is 2. The van der Waals surface area contributed by atoms with Crippen LogP contribution in [0, 0.1) is 0 Å². The summed E-state index contributed by atoms with van der Waals surface area (Å²) in [6.45, 7) is 1.39. The zero-order valence-corrected chi connectivity index (χ0v) is 11.3. The molecule has 0 aliphatic rings. The number of para-hydroxylation sites is 2. The smallest absolute Gasteiger partial charge is 0.341 e. The fourth-order valence-corrected chi connectivity index (χ4v) is 1.57. The molecular formula is C13H14N4O4. The summed E-state index contributed by atoms with van der Waals surface area (Å²) in [5, 5.41) is 17.7. The molecule has 8 heteroatoms. The average molecular weight is 290 g/mol. The number of carboxylic acid groups (broad SMARTS) is 1. The number of H-pyrrole nitrogens is 1. The highest BCUT2D eigenvalue weighted by Gasteiger charge is 2.14. The van der Waals surface area contributed by atoms with E-state index in [9.17, 15) is 9.59 Å². The number of anilines is 1. The number of hydrogen-bond donors (Lipinski definition) is 3. The van der Waals surface area contributed by atoms with E-state index < -0.39 is 18.5 Å². The number of carbonyl (C=O) groups is 2. The van der Waals surface area contributed by atoms with Crippen LogP contribution >= 0.6 is 0 Å². The summed E-state index contributed by atoms with van der Waals surface area (Å²) in [5.74, 6) is -0.718. The highest BCUT2D eigenvalue weighted by molar-refractivity contribution is 6.02. The van der Waals surface area contributed by atoms with Crippen LogP contribution in [0.5, 0.6) is 5.75 Å². The standard InChI is InChI=1S/C13H14N4O4/c1-2-10-15-12(17-16-10)13(20)14-8-5-3-4-6-9(8)21-7-11(18)19/h3-6H,2,7H2,1H3,(H,14,20)(H,18,19)(H,15,16,17). The Labute approximate surface area is 120 Å². The first kappa shape index (κ1) is 14.5. The maximum Gasteiger partial charge on any atom is 0.341 e. The van der Waals surface area contributed by atoms with Crippen LogP contribution < -0.4 is 10.1 Å². The molecule has 0 aliphatic carbocycles. The lowest BCUT2D eigenvalue weighted by Crippen LogP contribution is -2.16. The van der Waals surface area contributed by atoms with E-state index >= 15 is 0 Å². The molecule has 1 aromatic heterocycles. The second-order valence-electron chi connectivity index (χ2n) is 4.09. The number of rotatable bonds is 6. The number of aromatic nitrogens is 3. The molecule has 0 saturated carbocycles. The van der Waals surface area contributed by atoms with Gasteiger partial charge >= 0.3 is 5.97 Å². The molecule has 0 radical (unpaired) electrons. The number of carboxylic acids is 1. The van der Waals surface area contributed by atoms with Crippen molar-refractivity contribution in [2.24, 2.45) is 0 Å². The lowest BCUT2D eigenvalue weighted by atomic mass is 10.3. The van der Waals surface area contributed by atoms with Gasteiger partial charge < -0.3 is 15.2 Å². The first-order chi connectivity index (χ1) is 10.1. The van der Waals surface area contributed by atoms with Crippen molar-refractivity contribution in [1.82, 2.24) is 15.2 Å². The van der Waals surface area contributed by atoms with Crippen LogP contribution in [0.4, 0.5) is 5.69 Å². The molecular weight excluding hydrogens is 276 g/mol. The molecule has 8 nitrogen and oxygen atoms in total. The van der Waals surface area contributed by atoms with Crippen molar-refractivity contribution in [3.05, 3.63) is 35.9 Å². The van der Waals surface area contributed by atoms with Crippen molar-refractivity contribution in [3.8, 4) is 5.75 Å². The van der Waals surface area contributed by atoms with Crippen LogP contribution in [0.2, 0.25) is 0 Å². The molecule has 0 unspecified atom stereocenters. The van der Waals surface area contributed by atoms with Gasteiger partial charge in [0.1, 0.15) is 11.6 Å². The molecule has 21 heavy (non-hydrogen) atoms. The first-order valence-corrected chi connectivity index (χ1v) is 6.26. The molecule has 2 aromatic rings. The second kappa shape index (κ2) is 6.51. The topological polar surface area (TPSA) is 117 Å². The molecule has 1 heterocycles. The summed E-state index contributed by atoms with van der Waals surface area (Å²) in [6.07, 6.45) is 0.637. The maximum atomic E-state index is 12.0. The highest BCUT2D eigenvalue weighted by atomic mass is 16.5. The van der Waals surface area contributed by atoms with Crippen molar-refractivity contribution in [2.45, 2.75) is 13.3 Å². The van der Waals surface area contributed by atoms with Crippen molar-refractivity contribution < 1.29 is 19.4 Å². The van der Waals surface area contributed by atoms with Gasteiger partial charge in [0.2, 0.25) is 5.82 Å². The summed E-state index contributed by atoms with van der Waals surface area (Å²) in [5.41, 5.74) is 0.353. The number of nitrogens with one attached hydrogen (secondary N) is 2. The normalized spacial score (nSPS) is 10.1. The molecule has 0 atom stereocenters. The van der Waals surface area contributed by atoms with Crippen LogP contribution in [0.1, 0.15) is 23.4 Å². The predicted octanol–water partition coefficient (Wildman–Crippen LogP) is 1.08. The highest BCUT2D eigenvalue weighted by Crippen LogP contribution is 2.23. The number of aliphatic carboxylic acids is 1. The molecule has 1 amide bonds. The third-order valence-electron chi connectivity index (χ3n) is 2.56. The molecule has 0 bridgehead atoms. The molecule has 3 N–H and O–H groups in total. The van der Waals surface area contributed by atoms with Crippen LogP contribution in [0.25, 0.3) is 0 Å². The summed E-state index contributed by atoms with van der Waals surface area (Å²) in [4.78, 5) is 26.5. The monoisotopic (exact) mass is 290 g/mol. The van der Waals surface area contributed by atoms with Crippen molar-refractivity contribution >= 4 is 17.6 Å². The van der Waals surface area contributed by atoms with E-state index in [0.29, 0.717) is 17.9 Å². The van der Waals surface area contributed by atoms with Crippen LogP contribution in [-0.4, -0.2) is 38.8 Å². The van der Waals surface area contributed by atoms with Crippen molar-refractivity contribution in [1.29, 1.82) is 0 Å². The van der Waals surface area contributed by atoms with E-state index in [1.165, 1.54) is 0 Å². The van der Waals surface area contributed by atoms with E-state index in [-0.39, 0.29) is 11.6 Å². The molecule has 0 fully saturated rings. The minimum Gasteiger partial charge on any atom is -0.480 e. The van der Waals surface area contributed by atoms with Gasteiger partial charge in [-0.25, -0.2) is 9.78 Å². The van der Waals surface area contributed by atoms with Gasteiger partial charge in [-0.1, -0.05) is 19.1 Å². The Bertz CT molecular complexity index is 653. The third kappa shape index (κ3) is 3.78. The lowest BCUT2D eigenvalue weighted by molar-refractivity contribution is -0.139. The summed E-state index contributed by atoms with van der Waals surface area (Å²) >= 11 is 0. The molecule has 1 aromatic carbocycles. The fraction of sp³-hybridized carbons (Fsp3) is 0.231. The van der Waals surface area contributed by atoms with Gasteiger partial charge in [0.05, 0.1) is 5.69 Å². The number of benzene rings is 1. The second-order valence-corrected chi connectivity index (χ2v) is 4.09. The SMILES string of the molecule is CCc1nc(C(=O)Nc2ccccc2OCC(=O)O)n[nH]1. The van der Waals surface area contributed by atoms with E-state index in [1.807, 2.05) is 6.92 Å². The van der Waals surface area contributed by atoms with Gasteiger partial charge in [-0.15, -0.1) is 5.10 Å². The third-order valence-corrected chi connectivity index (χ3v) is 2.56. The minimum atomic E-state index is -1.10. The Balaban J connectivity index is 2.11. The zero-order valence-electron chi connectivity index (χ0n) is 11.3. The van der Waals surface area contributed by atoms with Gasteiger partial charge in [-0.2, -0.15) is 0 Å². The van der Waals surface area contributed by atoms with E-state index in [1.54, 1.807) is 24.3 Å². The zero-order chi connectivity index (χ0) is 15.2. The predicted molar refractivity (Wildman–Crippen MR) is 73.3 cm³/mol. The first-order valence-electron chi connectivity index (χ1n) is 6.26. The Hall–Kier alpha value is -2.90. The summed E-state index contributed by atoms with van der Waals surface area (Å²) < 4.78 is 5.10. The Morgan fingerprint density at radius 1 is 1.38 bits per heavy atom. The Kier molecular flexibility index (Phi) is 4.50. The molecule has 0 saturated heterocycles. The molecule has 110 valence electrons. The van der Waals surface area contributed by atoms with Gasteiger partial charge in [0.25, 0.3) is 5.91 Å². The van der Waals surface area contributed by atoms with E-state index in [0.717, 1.165) is 0 Å². The lowest BCUT2D eigenvalue weighted by Gasteiger charge is -2.09. The van der Waals surface area contributed by atoms with Crippen molar-refractivity contribution in [2.75, 3.05) is 11.9 Å². The number of ether oxygens (including phenoxy) is 1. The quantitative estimate of drug-likeness (QED) is 0.733. The number of hydrogen-bond acceptors (Lipinski definition) is 5. The van der Waals surface area contributed by atoms with E-state index in [4.69, 9.17) is 9.84 Å².